The Hall–Kier alpha value is -1.85. The number of esters is 1. The summed E-state index contributed by atoms with van der Waals surface area (Å²) in [5.41, 5.74) is 2.18. The smallest absolute Gasteiger partial charge is 0.325 e. The third-order valence-electron chi connectivity index (χ3n) is 12.2. The molecule has 0 bridgehead atoms. The van der Waals surface area contributed by atoms with Crippen molar-refractivity contribution in [2.45, 2.75) is 131 Å². The summed E-state index contributed by atoms with van der Waals surface area (Å²) in [5.74, 6) is 3.01. The maximum Gasteiger partial charge on any atom is 0.325 e. The van der Waals surface area contributed by atoms with E-state index < -0.39 is 17.8 Å². The van der Waals surface area contributed by atoms with Crippen molar-refractivity contribution in [3.8, 4) is 0 Å². The standard InChI is InChI=1S/C34H55NO5/c1-6-22(2)8-7-9-23(3)27-12-13-28-26-11-10-24-20-25(40-32(39)21-35-30(36)14-15-31(37)38)16-18-33(24,4)29(26)17-19-34(27,28)5/h10,22-23,25-29H,6-9,11-21H2,1-5H3,(H,35,36)(H,37,38). The molecule has 0 saturated heterocycles. The lowest BCUT2D eigenvalue weighted by Gasteiger charge is -2.58. The molecule has 4 aliphatic rings. The largest absolute Gasteiger partial charge is 0.481 e. The van der Waals surface area contributed by atoms with E-state index in [1.54, 1.807) is 0 Å². The predicted molar refractivity (Wildman–Crippen MR) is 157 cm³/mol. The van der Waals surface area contributed by atoms with E-state index in [4.69, 9.17) is 9.84 Å². The van der Waals surface area contributed by atoms with Crippen molar-refractivity contribution in [3.05, 3.63) is 11.6 Å². The van der Waals surface area contributed by atoms with Crippen LogP contribution in [0.5, 0.6) is 0 Å². The summed E-state index contributed by atoms with van der Waals surface area (Å²) in [5, 5.41) is 11.2. The Morgan fingerprint density at radius 1 is 1.05 bits per heavy atom. The van der Waals surface area contributed by atoms with Gasteiger partial charge in [-0.25, -0.2) is 0 Å². The molecule has 1 amide bonds. The van der Waals surface area contributed by atoms with Crippen LogP contribution < -0.4 is 5.32 Å². The summed E-state index contributed by atoms with van der Waals surface area (Å²) in [7, 11) is 0. The van der Waals surface area contributed by atoms with Gasteiger partial charge in [-0.15, -0.1) is 0 Å². The molecule has 40 heavy (non-hydrogen) atoms. The molecule has 0 aliphatic heterocycles. The number of amides is 1. The topological polar surface area (TPSA) is 92.7 Å². The average Bonchev–Trinajstić information content (AvgIpc) is 3.28. The normalized spacial score (nSPS) is 36.3. The molecule has 0 heterocycles. The van der Waals surface area contributed by atoms with E-state index in [1.165, 1.54) is 63.4 Å². The quantitative estimate of drug-likeness (QED) is 0.194. The first-order chi connectivity index (χ1) is 19.0. The van der Waals surface area contributed by atoms with Crippen LogP contribution in [0.25, 0.3) is 0 Å². The molecule has 3 saturated carbocycles. The summed E-state index contributed by atoms with van der Waals surface area (Å²) in [6.45, 7) is 12.2. The number of carboxylic acids is 1. The minimum absolute atomic E-state index is 0.127. The first-order valence-corrected chi connectivity index (χ1v) is 16.3. The van der Waals surface area contributed by atoms with Crippen LogP contribution in [0.2, 0.25) is 0 Å². The van der Waals surface area contributed by atoms with Gasteiger partial charge in [-0.2, -0.15) is 0 Å². The highest BCUT2D eigenvalue weighted by Gasteiger charge is 2.59. The Kier molecular flexibility index (Phi) is 10.1. The van der Waals surface area contributed by atoms with Crippen LogP contribution in [-0.2, 0) is 19.1 Å². The Morgan fingerprint density at radius 2 is 1.82 bits per heavy atom. The van der Waals surface area contributed by atoms with Crippen LogP contribution in [0.15, 0.2) is 11.6 Å². The number of hydrogen-bond acceptors (Lipinski definition) is 4. The number of carboxylic acid groups (broad SMARTS) is 1. The molecule has 3 fully saturated rings. The molecule has 226 valence electrons. The zero-order chi connectivity index (χ0) is 29.1. The Bertz CT molecular complexity index is 960. The van der Waals surface area contributed by atoms with Gasteiger partial charge >= 0.3 is 11.9 Å². The van der Waals surface area contributed by atoms with Crippen molar-refractivity contribution in [1.29, 1.82) is 0 Å². The van der Waals surface area contributed by atoms with Gasteiger partial charge in [-0.1, -0.05) is 72.0 Å². The van der Waals surface area contributed by atoms with Crippen LogP contribution >= 0.6 is 0 Å². The van der Waals surface area contributed by atoms with Crippen LogP contribution in [-0.4, -0.2) is 35.6 Å². The second-order valence-electron chi connectivity index (χ2n) is 14.4. The van der Waals surface area contributed by atoms with Crippen molar-refractivity contribution in [2.24, 2.45) is 46.3 Å². The molecule has 6 heteroatoms. The molecule has 6 nitrogen and oxygen atoms in total. The second-order valence-corrected chi connectivity index (χ2v) is 14.4. The highest BCUT2D eigenvalue weighted by molar-refractivity contribution is 5.84. The van der Waals surface area contributed by atoms with Crippen LogP contribution in [0, 0.1) is 46.3 Å². The summed E-state index contributed by atoms with van der Waals surface area (Å²) in [4.78, 5) is 34.8. The molecule has 9 atom stereocenters. The highest BCUT2D eigenvalue weighted by atomic mass is 16.5. The van der Waals surface area contributed by atoms with Gasteiger partial charge in [0.1, 0.15) is 12.6 Å². The lowest BCUT2D eigenvalue weighted by atomic mass is 9.47. The number of fused-ring (bicyclic) bond motifs is 5. The van der Waals surface area contributed by atoms with Gasteiger partial charge in [0.2, 0.25) is 5.91 Å². The van der Waals surface area contributed by atoms with Crippen LogP contribution in [0.1, 0.15) is 125 Å². The molecule has 4 rings (SSSR count). The lowest BCUT2D eigenvalue weighted by Crippen LogP contribution is -2.51. The van der Waals surface area contributed by atoms with Crippen molar-refractivity contribution < 1.29 is 24.2 Å². The summed E-state index contributed by atoms with van der Waals surface area (Å²) < 4.78 is 5.77. The zero-order valence-electron chi connectivity index (χ0n) is 25.8. The summed E-state index contributed by atoms with van der Waals surface area (Å²) in [6, 6.07) is 0. The van der Waals surface area contributed by atoms with Crippen molar-refractivity contribution in [2.75, 3.05) is 6.54 Å². The molecule has 0 radical (unpaired) electrons. The SMILES string of the molecule is CCC(C)CCCC(C)C1CCC2C3CC=C4CC(OC(=O)CNC(=O)CCC(=O)O)CCC4(C)C3CCC12C. The van der Waals surface area contributed by atoms with Gasteiger partial charge in [0.25, 0.3) is 0 Å². The number of aliphatic carboxylic acids is 1. The maximum atomic E-state index is 12.4. The first kappa shape index (κ1) is 31.1. The fourth-order valence-corrected chi connectivity index (χ4v) is 9.60. The van der Waals surface area contributed by atoms with Gasteiger partial charge in [-0.05, 0) is 91.3 Å². The highest BCUT2D eigenvalue weighted by Crippen LogP contribution is 2.67. The molecule has 9 unspecified atom stereocenters. The minimum Gasteiger partial charge on any atom is -0.481 e. The molecule has 0 aromatic heterocycles. The molecule has 0 aromatic rings. The molecular weight excluding hydrogens is 502 g/mol. The van der Waals surface area contributed by atoms with Crippen LogP contribution in [0.3, 0.4) is 0 Å². The first-order valence-electron chi connectivity index (χ1n) is 16.3. The van der Waals surface area contributed by atoms with E-state index in [9.17, 15) is 14.4 Å². The number of rotatable bonds is 12. The molecule has 0 spiro atoms. The van der Waals surface area contributed by atoms with Crippen molar-refractivity contribution >= 4 is 17.8 Å². The van der Waals surface area contributed by atoms with E-state index in [0.717, 1.165) is 54.8 Å². The van der Waals surface area contributed by atoms with Crippen LogP contribution in [0.4, 0.5) is 0 Å². The van der Waals surface area contributed by atoms with Crippen molar-refractivity contribution in [1.82, 2.24) is 5.32 Å². The molecule has 0 aromatic carbocycles. The fraction of sp³-hybridized carbons (Fsp3) is 0.853. The summed E-state index contributed by atoms with van der Waals surface area (Å²) in [6.07, 6.45) is 16.9. The number of carbonyl (C=O) groups is 3. The Balaban J connectivity index is 1.32. The third kappa shape index (κ3) is 6.62. The number of nitrogens with one attached hydrogen (secondary N) is 1. The zero-order valence-corrected chi connectivity index (χ0v) is 25.8. The molecule has 2 N–H and O–H groups in total. The van der Waals surface area contributed by atoms with E-state index >= 15 is 0 Å². The second kappa shape index (κ2) is 13.0. The minimum atomic E-state index is -1.02. The van der Waals surface area contributed by atoms with E-state index in [-0.39, 0.29) is 30.9 Å². The average molecular weight is 558 g/mol. The van der Waals surface area contributed by atoms with Gasteiger partial charge in [0.15, 0.2) is 0 Å². The summed E-state index contributed by atoms with van der Waals surface area (Å²) >= 11 is 0. The van der Waals surface area contributed by atoms with Gasteiger partial charge < -0.3 is 15.2 Å². The Morgan fingerprint density at radius 3 is 2.55 bits per heavy atom. The van der Waals surface area contributed by atoms with Crippen molar-refractivity contribution in [3.63, 3.8) is 0 Å². The lowest BCUT2D eigenvalue weighted by molar-refractivity contribution is -0.151. The monoisotopic (exact) mass is 557 g/mol. The molecule has 4 aliphatic carbocycles. The third-order valence-corrected chi connectivity index (χ3v) is 12.2. The number of allylic oxidation sites excluding steroid dienone is 1. The van der Waals surface area contributed by atoms with Gasteiger partial charge in [0.05, 0.1) is 6.42 Å². The van der Waals surface area contributed by atoms with E-state index in [1.807, 2.05) is 0 Å². The van der Waals surface area contributed by atoms with E-state index in [2.05, 4.69) is 46.0 Å². The number of ether oxygens (including phenoxy) is 1. The van der Waals surface area contributed by atoms with E-state index in [0.29, 0.717) is 5.41 Å². The maximum absolute atomic E-state index is 12.4. The van der Waals surface area contributed by atoms with Gasteiger partial charge in [-0.3, -0.25) is 14.4 Å². The Labute approximate surface area is 242 Å². The fourth-order valence-electron chi connectivity index (χ4n) is 9.60. The molecular formula is C34H55NO5. The number of carbonyl (C=O) groups excluding carboxylic acids is 2. The number of hydrogen-bond donors (Lipinski definition) is 2. The predicted octanol–water partition coefficient (Wildman–Crippen LogP) is 7.31. The van der Waals surface area contributed by atoms with Gasteiger partial charge in [0, 0.05) is 12.8 Å².